The number of amides is 1. The van der Waals surface area contributed by atoms with Gasteiger partial charge in [0.2, 0.25) is 0 Å². The molecular weight excluding hydrogens is 284 g/mol. The predicted octanol–water partition coefficient (Wildman–Crippen LogP) is 1.65. The topological polar surface area (TPSA) is 91.4 Å². The van der Waals surface area contributed by atoms with E-state index in [0.717, 1.165) is 11.4 Å². The van der Waals surface area contributed by atoms with Crippen LogP contribution in [0.5, 0.6) is 11.5 Å². The standard InChI is InChI=1S/C15H20N4O3/c1-9-15(10(2)19(3)18-9)22-8-14(20)17-11-5-6-13(21-4)12(16)7-11/h5-7H,8,16H2,1-4H3,(H,17,20). The number of hydrogen-bond donors (Lipinski definition) is 2. The Hall–Kier alpha value is -2.70. The molecule has 7 heteroatoms. The lowest BCUT2D eigenvalue weighted by Crippen LogP contribution is -2.20. The highest BCUT2D eigenvalue weighted by Crippen LogP contribution is 2.25. The van der Waals surface area contributed by atoms with Crippen LogP contribution in [-0.2, 0) is 11.8 Å². The average molecular weight is 304 g/mol. The minimum atomic E-state index is -0.271. The van der Waals surface area contributed by atoms with Gasteiger partial charge in [0.25, 0.3) is 5.91 Å². The first-order valence-corrected chi connectivity index (χ1v) is 6.78. The van der Waals surface area contributed by atoms with Crippen LogP contribution < -0.4 is 20.5 Å². The van der Waals surface area contributed by atoms with Gasteiger partial charge in [-0.15, -0.1) is 0 Å². The molecule has 2 rings (SSSR count). The summed E-state index contributed by atoms with van der Waals surface area (Å²) in [5, 5.41) is 6.96. The van der Waals surface area contributed by atoms with Gasteiger partial charge in [0.1, 0.15) is 11.4 Å². The zero-order valence-electron chi connectivity index (χ0n) is 13.1. The second-order valence-electron chi connectivity index (χ2n) is 4.92. The summed E-state index contributed by atoms with van der Waals surface area (Å²) in [5.41, 5.74) is 8.47. The lowest BCUT2D eigenvalue weighted by molar-refractivity contribution is -0.118. The van der Waals surface area contributed by atoms with E-state index in [-0.39, 0.29) is 12.5 Å². The second-order valence-corrected chi connectivity index (χ2v) is 4.92. The third-order valence-corrected chi connectivity index (χ3v) is 3.30. The van der Waals surface area contributed by atoms with Crippen molar-refractivity contribution >= 4 is 17.3 Å². The Kier molecular flexibility index (Phi) is 4.55. The van der Waals surface area contributed by atoms with Crippen LogP contribution in [0.2, 0.25) is 0 Å². The quantitative estimate of drug-likeness (QED) is 0.819. The van der Waals surface area contributed by atoms with Crippen molar-refractivity contribution in [3.8, 4) is 11.5 Å². The molecule has 2 aromatic rings. The summed E-state index contributed by atoms with van der Waals surface area (Å²) in [7, 11) is 3.37. The van der Waals surface area contributed by atoms with Crippen molar-refractivity contribution in [3.63, 3.8) is 0 Å². The third kappa shape index (κ3) is 3.30. The van der Waals surface area contributed by atoms with Crippen LogP contribution in [0.3, 0.4) is 0 Å². The number of nitrogens with zero attached hydrogens (tertiary/aromatic N) is 2. The number of anilines is 2. The molecule has 0 atom stereocenters. The maximum Gasteiger partial charge on any atom is 0.262 e. The molecule has 1 amide bonds. The molecule has 22 heavy (non-hydrogen) atoms. The van der Waals surface area contributed by atoms with E-state index in [1.54, 1.807) is 22.9 Å². The summed E-state index contributed by atoms with van der Waals surface area (Å²) in [5.74, 6) is 0.926. The average Bonchev–Trinajstić information content (AvgIpc) is 2.70. The van der Waals surface area contributed by atoms with Gasteiger partial charge in [0.15, 0.2) is 12.4 Å². The summed E-state index contributed by atoms with van der Waals surface area (Å²) < 4.78 is 12.3. The van der Waals surface area contributed by atoms with Gasteiger partial charge in [-0.2, -0.15) is 5.10 Å². The number of benzene rings is 1. The first-order valence-electron chi connectivity index (χ1n) is 6.78. The predicted molar refractivity (Wildman–Crippen MR) is 84.2 cm³/mol. The Labute approximate surface area is 129 Å². The Morgan fingerprint density at radius 1 is 1.41 bits per heavy atom. The molecule has 0 aliphatic heterocycles. The molecule has 0 unspecified atom stereocenters. The molecule has 3 N–H and O–H groups in total. The Bertz CT molecular complexity index is 694. The van der Waals surface area contributed by atoms with Gasteiger partial charge in [0.05, 0.1) is 18.5 Å². The highest BCUT2D eigenvalue weighted by Gasteiger charge is 2.13. The minimum Gasteiger partial charge on any atom is -0.495 e. The van der Waals surface area contributed by atoms with Gasteiger partial charge in [0, 0.05) is 12.7 Å². The molecule has 1 aromatic carbocycles. The molecule has 7 nitrogen and oxygen atoms in total. The van der Waals surface area contributed by atoms with E-state index >= 15 is 0 Å². The van der Waals surface area contributed by atoms with Gasteiger partial charge in [-0.3, -0.25) is 9.48 Å². The van der Waals surface area contributed by atoms with Gasteiger partial charge < -0.3 is 20.5 Å². The molecule has 118 valence electrons. The van der Waals surface area contributed by atoms with Gasteiger partial charge in [-0.1, -0.05) is 0 Å². The number of nitrogens with one attached hydrogen (secondary N) is 1. The molecule has 0 aliphatic carbocycles. The molecule has 0 bridgehead atoms. The molecule has 0 saturated heterocycles. The van der Waals surface area contributed by atoms with E-state index in [1.165, 1.54) is 7.11 Å². The molecule has 1 heterocycles. The lowest BCUT2D eigenvalue weighted by atomic mass is 10.2. The number of nitrogens with two attached hydrogens (primary N) is 1. The highest BCUT2D eigenvalue weighted by atomic mass is 16.5. The Balaban J connectivity index is 1.97. The van der Waals surface area contributed by atoms with E-state index in [0.29, 0.717) is 22.9 Å². The van der Waals surface area contributed by atoms with E-state index in [2.05, 4.69) is 10.4 Å². The van der Waals surface area contributed by atoms with Crippen LogP contribution in [0, 0.1) is 13.8 Å². The van der Waals surface area contributed by atoms with Crippen LogP contribution in [0.4, 0.5) is 11.4 Å². The SMILES string of the molecule is COc1ccc(NC(=O)COc2c(C)nn(C)c2C)cc1N. The smallest absolute Gasteiger partial charge is 0.262 e. The molecule has 0 saturated carbocycles. The van der Waals surface area contributed by atoms with Crippen molar-refractivity contribution in [2.45, 2.75) is 13.8 Å². The molecular formula is C15H20N4O3. The number of ether oxygens (including phenoxy) is 2. The van der Waals surface area contributed by atoms with E-state index < -0.39 is 0 Å². The van der Waals surface area contributed by atoms with E-state index in [1.807, 2.05) is 20.9 Å². The third-order valence-electron chi connectivity index (χ3n) is 3.30. The maximum atomic E-state index is 11.9. The van der Waals surface area contributed by atoms with Crippen LogP contribution in [0.1, 0.15) is 11.4 Å². The van der Waals surface area contributed by atoms with Crippen molar-refractivity contribution < 1.29 is 14.3 Å². The normalized spacial score (nSPS) is 10.4. The summed E-state index contributed by atoms with van der Waals surface area (Å²) in [4.78, 5) is 11.9. The number of aromatic nitrogens is 2. The van der Waals surface area contributed by atoms with Crippen molar-refractivity contribution in [1.29, 1.82) is 0 Å². The number of nitrogen functional groups attached to an aromatic ring is 1. The van der Waals surface area contributed by atoms with Crippen molar-refractivity contribution in [2.24, 2.45) is 7.05 Å². The number of hydrogen-bond acceptors (Lipinski definition) is 5. The van der Waals surface area contributed by atoms with E-state index in [4.69, 9.17) is 15.2 Å². The monoisotopic (exact) mass is 304 g/mol. The number of carbonyl (C=O) groups is 1. The first kappa shape index (κ1) is 15.7. The number of methoxy groups -OCH3 is 1. The maximum absolute atomic E-state index is 11.9. The lowest BCUT2D eigenvalue weighted by Gasteiger charge is -2.10. The van der Waals surface area contributed by atoms with Gasteiger partial charge in [-0.05, 0) is 32.0 Å². The van der Waals surface area contributed by atoms with Gasteiger partial charge in [-0.25, -0.2) is 0 Å². The zero-order valence-corrected chi connectivity index (χ0v) is 13.1. The number of rotatable bonds is 5. The second kappa shape index (κ2) is 6.38. The first-order chi connectivity index (χ1) is 10.4. The molecule has 0 fully saturated rings. The number of aryl methyl sites for hydroxylation is 2. The van der Waals surface area contributed by atoms with Crippen LogP contribution in [-0.4, -0.2) is 29.4 Å². The minimum absolute atomic E-state index is 0.0979. The summed E-state index contributed by atoms with van der Waals surface area (Å²) in [6.07, 6.45) is 0. The Morgan fingerprint density at radius 2 is 2.14 bits per heavy atom. The molecule has 0 spiro atoms. The van der Waals surface area contributed by atoms with Crippen molar-refractivity contribution in [2.75, 3.05) is 24.8 Å². The van der Waals surface area contributed by atoms with E-state index in [9.17, 15) is 4.79 Å². The van der Waals surface area contributed by atoms with Crippen LogP contribution >= 0.6 is 0 Å². The fourth-order valence-corrected chi connectivity index (χ4v) is 2.11. The fourth-order valence-electron chi connectivity index (χ4n) is 2.11. The molecule has 0 aliphatic rings. The summed E-state index contributed by atoms with van der Waals surface area (Å²) in [6, 6.07) is 5.05. The zero-order chi connectivity index (χ0) is 16.3. The van der Waals surface area contributed by atoms with Crippen molar-refractivity contribution in [1.82, 2.24) is 9.78 Å². The number of carbonyl (C=O) groups excluding carboxylic acids is 1. The van der Waals surface area contributed by atoms with Crippen molar-refractivity contribution in [3.05, 3.63) is 29.6 Å². The molecule has 1 aromatic heterocycles. The summed E-state index contributed by atoms with van der Waals surface area (Å²) >= 11 is 0. The largest absolute Gasteiger partial charge is 0.495 e. The summed E-state index contributed by atoms with van der Waals surface area (Å²) in [6.45, 7) is 3.63. The Morgan fingerprint density at radius 3 is 2.68 bits per heavy atom. The van der Waals surface area contributed by atoms with Gasteiger partial charge >= 0.3 is 0 Å². The molecule has 0 radical (unpaired) electrons. The fraction of sp³-hybridized carbons (Fsp3) is 0.333. The van der Waals surface area contributed by atoms with Crippen LogP contribution in [0.25, 0.3) is 0 Å². The van der Waals surface area contributed by atoms with Crippen LogP contribution in [0.15, 0.2) is 18.2 Å². The highest BCUT2D eigenvalue weighted by molar-refractivity contribution is 5.92.